The van der Waals surface area contributed by atoms with Gasteiger partial charge in [-0.3, -0.25) is 15.0 Å². The molecule has 3 amide bonds. The summed E-state index contributed by atoms with van der Waals surface area (Å²) in [6.07, 6.45) is 0. The highest BCUT2D eigenvalue weighted by Gasteiger charge is 2.19. The summed E-state index contributed by atoms with van der Waals surface area (Å²) >= 11 is 3.38. The Kier molecular flexibility index (Phi) is 5.98. The van der Waals surface area contributed by atoms with Crippen LogP contribution in [0.2, 0.25) is 0 Å². The van der Waals surface area contributed by atoms with Crippen molar-refractivity contribution in [1.82, 2.24) is 15.5 Å². The highest BCUT2D eigenvalue weighted by Crippen LogP contribution is 2.12. The van der Waals surface area contributed by atoms with E-state index < -0.39 is 6.03 Å². The molecular weight excluding hydrogens is 310 g/mol. The minimum Gasteiger partial charge on any atom is -0.341 e. The van der Waals surface area contributed by atoms with Crippen LogP contribution in [0.3, 0.4) is 0 Å². The van der Waals surface area contributed by atoms with Crippen LogP contribution < -0.4 is 10.6 Å². The Hall–Kier alpha value is -1.40. The summed E-state index contributed by atoms with van der Waals surface area (Å²) in [5.41, 5.74) is 1.10. The van der Waals surface area contributed by atoms with E-state index in [4.69, 9.17) is 0 Å². The fourth-order valence-electron chi connectivity index (χ4n) is 1.49. The quantitative estimate of drug-likeness (QED) is 0.885. The molecule has 0 aliphatic heterocycles. The number of benzene rings is 1. The molecule has 1 aromatic carbocycles. The largest absolute Gasteiger partial charge is 0.341 e. The van der Waals surface area contributed by atoms with Gasteiger partial charge in [-0.15, -0.1) is 0 Å². The van der Waals surface area contributed by atoms with Crippen LogP contribution >= 0.6 is 15.9 Å². The second-order valence-corrected chi connectivity index (χ2v) is 5.20. The van der Waals surface area contributed by atoms with E-state index in [0.717, 1.165) is 10.0 Å². The lowest BCUT2D eigenvalue weighted by molar-refractivity contribution is -0.124. The van der Waals surface area contributed by atoms with Gasteiger partial charge < -0.3 is 5.32 Å². The summed E-state index contributed by atoms with van der Waals surface area (Å²) in [5, 5.41) is 4.62. The Morgan fingerprint density at radius 3 is 2.42 bits per heavy atom. The van der Waals surface area contributed by atoms with Crippen molar-refractivity contribution in [2.24, 2.45) is 0 Å². The zero-order valence-corrected chi connectivity index (χ0v) is 12.8. The van der Waals surface area contributed by atoms with Crippen LogP contribution in [0.5, 0.6) is 0 Å². The van der Waals surface area contributed by atoms with Gasteiger partial charge in [0, 0.05) is 18.1 Å². The molecule has 0 radical (unpaired) electrons. The predicted octanol–water partition coefficient (Wildman–Crippen LogP) is 1.73. The van der Waals surface area contributed by atoms with Crippen molar-refractivity contribution in [3.05, 3.63) is 34.3 Å². The minimum absolute atomic E-state index is 0.320. The molecule has 0 aliphatic carbocycles. The third kappa shape index (κ3) is 5.00. The Labute approximate surface area is 121 Å². The number of carbonyl (C=O) groups is 2. The molecule has 0 saturated heterocycles. The number of nitrogens with one attached hydrogen (secondary N) is 2. The number of halogens is 1. The first-order valence-corrected chi connectivity index (χ1v) is 6.70. The summed E-state index contributed by atoms with van der Waals surface area (Å²) in [5.74, 6) is -0.320. The van der Waals surface area contributed by atoms with Crippen molar-refractivity contribution < 1.29 is 9.59 Å². The Morgan fingerprint density at radius 1 is 1.32 bits per heavy atom. The number of imide groups is 1. The first-order valence-electron chi connectivity index (χ1n) is 5.91. The second-order valence-electron chi connectivity index (χ2n) is 4.29. The lowest BCUT2D eigenvalue weighted by atomic mass is 10.2. The summed E-state index contributed by atoms with van der Waals surface area (Å²) < 4.78 is 1.02. The molecule has 0 saturated carbocycles. The van der Waals surface area contributed by atoms with Gasteiger partial charge in [-0.1, -0.05) is 28.1 Å². The van der Waals surface area contributed by atoms with Crippen LogP contribution in [0.1, 0.15) is 12.5 Å². The van der Waals surface area contributed by atoms with Gasteiger partial charge in [0.2, 0.25) is 5.91 Å². The lowest BCUT2D eigenvalue weighted by Crippen LogP contribution is -2.47. The molecule has 0 fully saturated rings. The monoisotopic (exact) mass is 327 g/mol. The highest BCUT2D eigenvalue weighted by molar-refractivity contribution is 9.10. The molecule has 0 spiro atoms. The van der Waals surface area contributed by atoms with Crippen molar-refractivity contribution >= 4 is 27.9 Å². The van der Waals surface area contributed by atoms with Crippen LogP contribution in [0.25, 0.3) is 0 Å². The maximum Gasteiger partial charge on any atom is 0.321 e. The molecule has 0 aliphatic rings. The zero-order chi connectivity index (χ0) is 14.4. The number of carbonyl (C=O) groups excluding carboxylic acids is 2. The lowest BCUT2D eigenvalue weighted by Gasteiger charge is -2.23. The normalized spacial score (nSPS) is 12.1. The Bertz CT molecular complexity index is 448. The number of urea groups is 1. The summed E-state index contributed by atoms with van der Waals surface area (Å²) in [7, 11) is 3.31. The molecule has 5 nitrogen and oxygen atoms in total. The first-order chi connectivity index (χ1) is 8.93. The molecule has 0 bridgehead atoms. The topological polar surface area (TPSA) is 61.4 Å². The Morgan fingerprint density at radius 2 is 1.89 bits per heavy atom. The van der Waals surface area contributed by atoms with E-state index in [1.54, 1.807) is 6.92 Å². The Balaban J connectivity index is 2.56. The van der Waals surface area contributed by atoms with Crippen LogP contribution in [-0.4, -0.2) is 37.0 Å². The van der Waals surface area contributed by atoms with E-state index in [2.05, 4.69) is 26.6 Å². The van der Waals surface area contributed by atoms with E-state index in [-0.39, 0.29) is 11.9 Å². The standard InChI is InChI=1S/C13H18BrN3O2/c1-9(12(18)16-13(19)15-2)17(3)8-10-4-6-11(14)7-5-10/h4-7,9H,8H2,1-3H3,(H2,15,16,18,19). The average molecular weight is 328 g/mol. The number of hydrogen-bond donors (Lipinski definition) is 2. The van der Waals surface area contributed by atoms with Crippen molar-refractivity contribution in [3.8, 4) is 0 Å². The number of rotatable bonds is 4. The molecule has 2 N–H and O–H groups in total. The van der Waals surface area contributed by atoms with Crippen LogP contribution in [-0.2, 0) is 11.3 Å². The number of nitrogens with zero attached hydrogens (tertiary/aromatic N) is 1. The van der Waals surface area contributed by atoms with Crippen molar-refractivity contribution in [3.63, 3.8) is 0 Å². The van der Waals surface area contributed by atoms with E-state index in [1.165, 1.54) is 7.05 Å². The molecule has 0 aromatic heterocycles. The minimum atomic E-state index is -0.492. The van der Waals surface area contributed by atoms with E-state index in [9.17, 15) is 9.59 Å². The SMILES string of the molecule is CNC(=O)NC(=O)C(C)N(C)Cc1ccc(Br)cc1. The second kappa shape index (κ2) is 7.25. The van der Waals surface area contributed by atoms with Crippen molar-refractivity contribution in [2.75, 3.05) is 14.1 Å². The van der Waals surface area contributed by atoms with Gasteiger partial charge >= 0.3 is 6.03 Å². The van der Waals surface area contributed by atoms with Gasteiger partial charge in [0.1, 0.15) is 0 Å². The average Bonchev–Trinajstić information content (AvgIpc) is 2.40. The maximum absolute atomic E-state index is 11.8. The third-order valence-electron chi connectivity index (χ3n) is 2.85. The summed E-state index contributed by atoms with van der Waals surface area (Å²) in [6, 6.07) is 7.01. The van der Waals surface area contributed by atoms with E-state index in [1.807, 2.05) is 36.2 Å². The molecule has 1 unspecified atom stereocenters. The fourth-order valence-corrected chi connectivity index (χ4v) is 1.76. The van der Waals surface area contributed by atoms with Crippen molar-refractivity contribution in [1.29, 1.82) is 0 Å². The molecule has 1 aromatic rings. The molecule has 1 rings (SSSR count). The molecule has 19 heavy (non-hydrogen) atoms. The predicted molar refractivity (Wildman–Crippen MR) is 77.7 cm³/mol. The van der Waals surface area contributed by atoms with Gasteiger partial charge in [-0.2, -0.15) is 0 Å². The van der Waals surface area contributed by atoms with E-state index >= 15 is 0 Å². The molecule has 104 valence electrons. The highest BCUT2D eigenvalue weighted by atomic mass is 79.9. The maximum atomic E-state index is 11.8. The number of hydrogen-bond acceptors (Lipinski definition) is 3. The van der Waals surface area contributed by atoms with Crippen LogP contribution in [0.15, 0.2) is 28.7 Å². The van der Waals surface area contributed by atoms with Gasteiger partial charge in [0.15, 0.2) is 0 Å². The van der Waals surface area contributed by atoms with Gasteiger partial charge in [0.05, 0.1) is 6.04 Å². The van der Waals surface area contributed by atoms with E-state index in [0.29, 0.717) is 6.54 Å². The fraction of sp³-hybridized carbons (Fsp3) is 0.385. The first kappa shape index (κ1) is 15.7. The van der Waals surface area contributed by atoms with Crippen LogP contribution in [0, 0.1) is 0 Å². The van der Waals surface area contributed by atoms with Crippen molar-refractivity contribution in [2.45, 2.75) is 19.5 Å². The molecule has 6 heteroatoms. The zero-order valence-electron chi connectivity index (χ0n) is 11.2. The summed E-state index contributed by atoms with van der Waals surface area (Å²) in [6.45, 7) is 2.40. The number of amides is 3. The smallest absolute Gasteiger partial charge is 0.321 e. The van der Waals surface area contributed by atoms with Gasteiger partial charge in [-0.05, 0) is 31.7 Å². The summed E-state index contributed by atoms with van der Waals surface area (Å²) in [4.78, 5) is 24.7. The molecular formula is C13H18BrN3O2. The molecule has 1 atom stereocenters. The van der Waals surface area contributed by atoms with Crippen LogP contribution in [0.4, 0.5) is 4.79 Å². The third-order valence-corrected chi connectivity index (χ3v) is 3.38. The number of likely N-dealkylation sites (N-methyl/N-ethyl adjacent to an activating group) is 1. The molecule has 0 heterocycles. The van der Waals surface area contributed by atoms with Gasteiger partial charge in [0.25, 0.3) is 0 Å². The van der Waals surface area contributed by atoms with Gasteiger partial charge in [-0.25, -0.2) is 4.79 Å².